The van der Waals surface area contributed by atoms with Crippen LogP contribution in [-0.2, 0) is 0 Å². The molecule has 0 aromatic heterocycles. The van der Waals surface area contributed by atoms with Gasteiger partial charge in [-0.25, -0.2) is 0 Å². The van der Waals surface area contributed by atoms with Gasteiger partial charge in [-0.05, 0) is 35.9 Å². The molecule has 2 aromatic rings. The van der Waals surface area contributed by atoms with Gasteiger partial charge >= 0.3 is 0 Å². The lowest BCUT2D eigenvalue weighted by Gasteiger charge is -2.07. The number of carbonyl (C=O) groups is 1. The van der Waals surface area contributed by atoms with Gasteiger partial charge in [0, 0.05) is 22.5 Å². The summed E-state index contributed by atoms with van der Waals surface area (Å²) >= 11 is 0. The van der Waals surface area contributed by atoms with Gasteiger partial charge in [-0.15, -0.1) is 24.8 Å². The van der Waals surface area contributed by atoms with E-state index in [1.165, 1.54) is 0 Å². The Bertz CT molecular complexity index is 571. The van der Waals surface area contributed by atoms with E-state index in [4.69, 9.17) is 17.2 Å². The summed E-state index contributed by atoms with van der Waals surface area (Å²) in [4.78, 5) is 10.9. The van der Waals surface area contributed by atoms with E-state index in [0.717, 1.165) is 11.1 Å². The topological polar surface area (TPSA) is 95.1 Å². The first-order valence-corrected chi connectivity index (χ1v) is 5.13. The van der Waals surface area contributed by atoms with Crippen LogP contribution in [0.1, 0.15) is 10.4 Å². The maximum Gasteiger partial charge on any atom is 0.248 e. The second-order valence-electron chi connectivity index (χ2n) is 3.79. The molecule has 0 radical (unpaired) electrons. The number of primary amides is 1. The fourth-order valence-corrected chi connectivity index (χ4v) is 1.64. The first-order valence-electron chi connectivity index (χ1n) is 5.13. The highest BCUT2D eigenvalue weighted by Crippen LogP contribution is 2.27. The Morgan fingerprint density at radius 3 is 2.00 bits per heavy atom. The summed E-state index contributed by atoms with van der Waals surface area (Å²) in [5, 5.41) is 0. The molecule has 4 nitrogen and oxygen atoms in total. The van der Waals surface area contributed by atoms with Gasteiger partial charge in [0.05, 0.1) is 0 Å². The molecule has 2 aromatic carbocycles. The number of carbonyl (C=O) groups excluding carboxylic acids is 1. The van der Waals surface area contributed by atoms with Crippen LogP contribution in [0.25, 0.3) is 11.1 Å². The highest BCUT2D eigenvalue weighted by atomic mass is 35.5. The van der Waals surface area contributed by atoms with Crippen LogP contribution < -0.4 is 17.2 Å². The first kappa shape index (κ1) is 17.1. The third kappa shape index (κ3) is 3.77. The van der Waals surface area contributed by atoms with Crippen molar-refractivity contribution >= 4 is 42.1 Å². The Kier molecular flexibility index (Phi) is 6.18. The molecule has 0 fully saturated rings. The van der Waals surface area contributed by atoms with E-state index < -0.39 is 5.91 Å². The minimum Gasteiger partial charge on any atom is -0.399 e. The summed E-state index contributed by atoms with van der Waals surface area (Å²) in [6.07, 6.45) is 0. The summed E-state index contributed by atoms with van der Waals surface area (Å²) in [5.41, 5.74) is 20.3. The molecule has 102 valence electrons. The van der Waals surface area contributed by atoms with Gasteiger partial charge in [-0.2, -0.15) is 0 Å². The molecule has 0 saturated carbocycles. The van der Waals surface area contributed by atoms with Crippen molar-refractivity contribution < 1.29 is 4.79 Å². The normalized spacial score (nSPS) is 9.05. The molecule has 6 N–H and O–H groups in total. The van der Waals surface area contributed by atoms with E-state index in [9.17, 15) is 4.79 Å². The fraction of sp³-hybridized carbons (Fsp3) is 0. The maximum atomic E-state index is 10.9. The van der Waals surface area contributed by atoms with E-state index in [1.807, 2.05) is 0 Å². The number of anilines is 2. The molecule has 0 spiro atoms. The number of hydrogen-bond donors (Lipinski definition) is 3. The Hall–Kier alpha value is -1.91. The van der Waals surface area contributed by atoms with Crippen LogP contribution in [0.2, 0.25) is 0 Å². The maximum absolute atomic E-state index is 10.9. The SMILES string of the molecule is Cl.Cl.NC(=O)c1ccc(-c2cc(N)ccc2N)cc1. The van der Waals surface area contributed by atoms with Gasteiger partial charge in [-0.1, -0.05) is 12.1 Å². The molecule has 1 amide bonds. The Labute approximate surface area is 123 Å². The van der Waals surface area contributed by atoms with Crippen molar-refractivity contribution in [3.63, 3.8) is 0 Å². The predicted octanol–water partition coefficient (Wildman–Crippen LogP) is 2.46. The van der Waals surface area contributed by atoms with Gasteiger partial charge in [0.1, 0.15) is 0 Å². The van der Waals surface area contributed by atoms with Gasteiger partial charge in [0.15, 0.2) is 0 Å². The van der Waals surface area contributed by atoms with Crippen molar-refractivity contribution in [1.82, 2.24) is 0 Å². The van der Waals surface area contributed by atoms with Crippen molar-refractivity contribution in [3.05, 3.63) is 48.0 Å². The number of nitrogens with two attached hydrogens (primary N) is 3. The van der Waals surface area contributed by atoms with Crippen molar-refractivity contribution in [2.45, 2.75) is 0 Å². The molecular formula is C13H15Cl2N3O. The first-order chi connectivity index (χ1) is 8.08. The molecule has 0 unspecified atom stereocenters. The van der Waals surface area contributed by atoms with Gasteiger partial charge in [0.25, 0.3) is 0 Å². The van der Waals surface area contributed by atoms with Gasteiger partial charge < -0.3 is 17.2 Å². The summed E-state index contributed by atoms with van der Waals surface area (Å²) in [6, 6.07) is 12.2. The van der Waals surface area contributed by atoms with Gasteiger partial charge in [-0.3, -0.25) is 4.79 Å². The van der Waals surface area contributed by atoms with Crippen molar-refractivity contribution in [1.29, 1.82) is 0 Å². The summed E-state index contributed by atoms with van der Waals surface area (Å²) in [6.45, 7) is 0. The van der Waals surface area contributed by atoms with E-state index in [2.05, 4.69) is 0 Å². The number of nitrogen functional groups attached to an aromatic ring is 2. The molecule has 0 bridgehead atoms. The molecule has 0 aliphatic heterocycles. The van der Waals surface area contributed by atoms with Crippen molar-refractivity contribution in [2.24, 2.45) is 5.73 Å². The lowest BCUT2D eigenvalue weighted by atomic mass is 10.0. The van der Waals surface area contributed by atoms with Crippen LogP contribution in [0.4, 0.5) is 11.4 Å². The number of halogens is 2. The van der Waals surface area contributed by atoms with E-state index >= 15 is 0 Å². The number of hydrogen-bond acceptors (Lipinski definition) is 3. The number of benzene rings is 2. The Morgan fingerprint density at radius 1 is 0.895 bits per heavy atom. The zero-order valence-electron chi connectivity index (χ0n) is 10.00. The third-order valence-electron chi connectivity index (χ3n) is 2.56. The average Bonchev–Trinajstić information content (AvgIpc) is 2.32. The summed E-state index contributed by atoms with van der Waals surface area (Å²) in [5.74, 6) is -0.447. The van der Waals surface area contributed by atoms with Gasteiger partial charge in [0.2, 0.25) is 5.91 Å². The lowest BCUT2D eigenvalue weighted by Crippen LogP contribution is -2.10. The van der Waals surface area contributed by atoms with Crippen molar-refractivity contribution in [3.8, 4) is 11.1 Å². The molecule has 0 atom stereocenters. The molecule has 2 rings (SSSR count). The molecule has 0 saturated heterocycles. The minimum absolute atomic E-state index is 0. The smallest absolute Gasteiger partial charge is 0.248 e. The molecule has 0 heterocycles. The molecule has 0 aliphatic carbocycles. The largest absolute Gasteiger partial charge is 0.399 e. The molecule has 0 aliphatic rings. The lowest BCUT2D eigenvalue weighted by molar-refractivity contribution is 0.100. The monoisotopic (exact) mass is 299 g/mol. The average molecular weight is 300 g/mol. The highest BCUT2D eigenvalue weighted by Gasteiger charge is 2.05. The molecule has 19 heavy (non-hydrogen) atoms. The fourth-order valence-electron chi connectivity index (χ4n) is 1.64. The van der Waals surface area contributed by atoms with Crippen LogP contribution in [0, 0.1) is 0 Å². The highest BCUT2D eigenvalue weighted by molar-refractivity contribution is 5.93. The van der Waals surface area contributed by atoms with Crippen LogP contribution in [0.5, 0.6) is 0 Å². The number of rotatable bonds is 2. The zero-order chi connectivity index (χ0) is 12.4. The van der Waals surface area contributed by atoms with E-state index in [0.29, 0.717) is 16.9 Å². The zero-order valence-corrected chi connectivity index (χ0v) is 11.6. The Morgan fingerprint density at radius 2 is 1.47 bits per heavy atom. The second kappa shape index (κ2) is 6.87. The minimum atomic E-state index is -0.447. The van der Waals surface area contributed by atoms with Crippen LogP contribution in [-0.4, -0.2) is 5.91 Å². The quantitative estimate of drug-likeness (QED) is 0.743. The van der Waals surface area contributed by atoms with Crippen molar-refractivity contribution in [2.75, 3.05) is 11.5 Å². The second-order valence-corrected chi connectivity index (χ2v) is 3.79. The summed E-state index contributed by atoms with van der Waals surface area (Å²) in [7, 11) is 0. The summed E-state index contributed by atoms with van der Waals surface area (Å²) < 4.78 is 0. The molecule has 6 heteroatoms. The van der Waals surface area contributed by atoms with Crippen LogP contribution in [0.3, 0.4) is 0 Å². The molecular weight excluding hydrogens is 285 g/mol. The Balaban J connectivity index is 0.00000162. The van der Waals surface area contributed by atoms with E-state index in [-0.39, 0.29) is 24.8 Å². The predicted molar refractivity (Wildman–Crippen MR) is 83.7 cm³/mol. The van der Waals surface area contributed by atoms with E-state index in [1.54, 1.807) is 42.5 Å². The van der Waals surface area contributed by atoms with Crippen LogP contribution in [0.15, 0.2) is 42.5 Å². The number of amides is 1. The third-order valence-corrected chi connectivity index (χ3v) is 2.56. The van der Waals surface area contributed by atoms with Crippen LogP contribution >= 0.6 is 24.8 Å². The standard InChI is InChI=1S/C13H13N3O.2ClH/c14-10-5-6-12(15)11(7-10)8-1-3-9(4-2-8)13(16)17;;/h1-7H,14-15H2,(H2,16,17);2*1H.